The molecule has 0 fully saturated rings. The molecule has 76 valence electrons. The molecule has 1 aliphatic heterocycles. The van der Waals surface area contributed by atoms with E-state index in [0.717, 1.165) is 29.9 Å². The number of fused-ring (bicyclic) bond motifs is 1. The first kappa shape index (κ1) is 9.53. The Morgan fingerprint density at radius 1 is 1.67 bits per heavy atom. The number of carboxylic acids is 1. The molecule has 0 amide bonds. The number of aromatic nitrogens is 1. The van der Waals surface area contributed by atoms with Gasteiger partial charge in [0.05, 0.1) is 0 Å². The van der Waals surface area contributed by atoms with Crippen LogP contribution in [0.5, 0.6) is 0 Å². The Balaban J connectivity index is 2.15. The van der Waals surface area contributed by atoms with Crippen LogP contribution < -0.4 is 5.32 Å². The summed E-state index contributed by atoms with van der Waals surface area (Å²) in [7, 11) is 0. The molecule has 0 saturated carbocycles. The number of nitrogens with one attached hydrogen (secondary N) is 1. The largest absolute Gasteiger partial charge is 0.481 e. The molecule has 0 atom stereocenters. The van der Waals surface area contributed by atoms with Crippen LogP contribution in [0, 0.1) is 11.8 Å². The Labute approximate surface area is 87.3 Å². The second kappa shape index (κ2) is 4.01. The summed E-state index contributed by atoms with van der Waals surface area (Å²) in [6.45, 7) is 0.911. The molecule has 4 nitrogen and oxygen atoms in total. The molecule has 0 aliphatic carbocycles. The Morgan fingerprint density at radius 2 is 2.53 bits per heavy atom. The van der Waals surface area contributed by atoms with E-state index < -0.39 is 5.97 Å². The summed E-state index contributed by atoms with van der Waals surface area (Å²) in [6.07, 6.45) is 2.48. The van der Waals surface area contributed by atoms with Crippen LogP contribution >= 0.6 is 0 Å². The van der Waals surface area contributed by atoms with Gasteiger partial charge in [0.2, 0.25) is 0 Å². The molecule has 0 radical (unpaired) electrons. The van der Waals surface area contributed by atoms with Gasteiger partial charge in [-0.15, -0.1) is 0 Å². The molecule has 1 aromatic rings. The molecule has 15 heavy (non-hydrogen) atoms. The fourth-order valence-electron chi connectivity index (χ4n) is 1.47. The molecule has 0 bridgehead atoms. The van der Waals surface area contributed by atoms with Gasteiger partial charge in [-0.05, 0) is 18.1 Å². The lowest BCUT2D eigenvalue weighted by molar-refractivity contribution is -0.135. The first-order valence-electron chi connectivity index (χ1n) is 4.69. The minimum atomic E-state index is -0.904. The number of nitrogens with zero attached hydrogens (tertiary/aromatic N) is 1. The predicted molar refractivity (Wildman–Crippen MR) is 55.6 cm³/mol. The summed E-state index contributed by atoms with van der Waals surface area (Å²) in [5.41, 5.74) is 1.93. The SMILES string of the molecule is O=C(O)CC#Cc1cnc2c(c1)CCN2. The highest BCUT2D eigenvalue weighted by atomic mass is 16.4. The minimum Gasteiger partial charge on any atom is -0.481 e. The molecule has 4 heteroatoms. The lowest BCUT2D eigenvalue weighted by atomic mass is 10.1. The summed E-state index contributed by atoms with van der Waals surface area (Å²) >= 11 is 0. The molecule has 0 unspecified atom stereocenters. The maximum Gasteiger partial charge on any atom is 0.315 e. The van der Waals surface area contributed by atoms with Crippen LogP contribution in [-0.4, -0.2) is 22.6 Å². The van der Waals surface area contributed by atoms with Gasteiger partial charge in [0.25, 0.3) is 0 Å². The van der Waals surface area contributed by atoms with Crippen molar-refractivity contribution >= 4 is 11.8 Å². The number of rotatable bonds is 1. The van der Waals surface area contributed by atoms with Crippen molar-refractivity contribution in [1.82, 2.24) is 4.98 Å². The Morgan fingerprint density at radius 3 is 3.33 bits per heavy atom. The standard InChI is InChI=1S/C11H10N2O2/c14-10(15)3-1-2-8-6-9-4-5-12-11(9)13-7-8/h6-7H,3-5H2,(H,12,13)(H,14,15). The van der Waals surface area contributed by atoms with E-state index in [9.17, 15) is 4.79 Å². The predicted octanol–water partition coefficient (Wildman–Crippen LogP) is 0.876. The summed E-state index contributed by atoms with van der Waals surface area (Å²) in [5, 5.41) is 11.6. The number of hydrogen-bond acceptors (Lipinski definition) is 3. The first-order valence-corrected chi connectivity index (χ1v) is 4.69. The average molecular weight is 202 g/mol. The molecule has 2 heterocycles. The highest BCUT2D eigenvalue weighted by molar-refractivity contribution is 5.70. The third kappa shape index (κ3) is 2.26. The Bertz CT molecular complexity index is 457. The second-order valence-electron chi connectivity index (χ2n) is 3.28. The third-order valence-corrected chi connectivity index (χ3v) is 2.13. The van der Waals surface area contributed by atoms with Crippen molar-refractivity contribution in [2.24, 2.45) is 0 Å². The van der Waals surface area contributed by atoms with E-state index in [4.69, 9.17) is 5.11 Å². The van der Waals surface area contributed by atoms with E-state index in [2.05, 4.69) is 22.1 Å². The molecule has 2 N–H and O–H groups in total. The topological polar surface area (TPSA) is 62.2 Å². The number of aliphatic carboxylic acids is 1. The normalized spacial score (nSPS) is 12.3. The molecule has 1 aliphatic rings. The molecule has 0 spiro atoms. The van der Waals surface area contributed by atoms with E-state index in [-0.39, 0.29) is 6.42 Å². The maximum atomic E-state index is 10.2. The zero-order chi connectivity index (χ0) is 10.7. The van der Waals surface area contributed by atoms with Gasteiger partial charge in [0, 0.05) is 18.3 Å². The molecular formula is C11H10N2O2. The van der Waals surface area contributed by atoms with Crippen molar-refractivity contribution in [2.75, 3.05) is 11.9 Å². The summed E-state index contributed by atoms with van der Waals surface area (Å²) in [4.78, 5) is 14.4. The molecule has 0 aromatic carbocycles. The van der Waals surface area contributed by atoms with E-state index in [1.165, 1.54) is 0 Å². The average Bonchev–Trinajstić information content (AvgIpc) is 2.64. The fourth-order valence-corrected chi connectivity index (χ4v) is 1.47. The van der Waals surface area contributed by atoms with Gasteiger partial charge in [-0.2, -0.15) is 0 Å². The zero-order valence-electron chi connectivity index (χ0n) is 8.08. The van der Waals surface area contributed by atoms with Crippen LogP contribution in [0.25, 0.3) is 0 Å². The second-order valence-corrected chi connectivity index (χ2v) is 3.28. The van der Waals surface area contributed by atoms with Gasteiger partial charge in [-0.25, -0.2) is 4.98 Å². The maximum absolute atomic E-state index is 10.2. The van der Waals surface area contributed by atoms with Crippen molar-refractivity contribution in [1.29, 1.82) is 0 Å². The van der Waals surface area contributed by atoms with E-state index in [1.807, 2.05) is 6.07 Å². The van der Waals surface area contributed by atoms with Gasteiger partial charge >= 0.3 is 5.97 Å². The highest BCUT2D eigenvalue weighted by Gasteiger charge is 2.10. The smallest absolute Gasteiger partial charge is 0.315 e. The number of hydrogen-bond donors (Lipinski definition) is 2. The van der Waals surface area contributed by atoms with Crippen LogP contribution in [0.1, 0.15) is 17.5 Å². The van der Waals surface area contributed by atoms with Crippen molar-refractivity contribution < 1.29 is 9.90 Å². The van der Waals surface area contributed by atoms with Crippen LogP contribution in [0.4, 0.5) is 5.82 Å². The lowest BCUT2D eigenvalue weighted by Crippen LogP contribution is -1.93. The van der Waals surface area contributed by atoms with Crippen molar-refractivity contribution in [3.05, 3.63) is 23.4 Å². The van der Waals surface area contributed by atoms with E-state index in [0.29, 0.717) is 0 Å². The van der Waals surface area contributed by atoms with Gasteiger partial charge in [0.1, 0.15) is 12.2 Å². The summed E-state index contributed by atoms with van der Waals surface area (Å²) < 4.78 is 0. The Hall–Kier alpha value is -2.02. The molecule has 1 aromatic heterocycles. The van der Waals surface area contributed by atoms with Gasteiger partial charge in [0.15, 0.2) is 0 Å². The van der Waals surface area contributed by atoms with Crippen LogP contribution in [0.15, 0.2) is 12.3 Å². The molecule has 0 saturated heterocycles. The van der Waals surface area contributed by atoms with Crippen molar-refractivity contribution in [3.8, 4) is 11.8 Å². The fraction of sp³-hybridized carbons (Fsp3) is 0.273. The number of pyridine rings is 1. The summed E-state index contributed by atoms with van der Waals surface area (Å²) in [6, 6.07) is 1.96. The number of anilines is 1. The molecular weight excluding hydrogens is 192 g/mol. The minimum absolute atomic E-state index is 0.130. The van der Waals surface area contributed by atoms with E-state index >= 15 is 0 Å². The Kier molecular flexibility index (Phi) is 2.55. The van der Waals surface area contributed by atoms with Crippen molar-refractivity contribution in [3.63, 3.8) is 0 Å². The summed E-state index contributed by atoms with van der Waals surface area (Å²) in [5.74, 6) is 5.38. The van der Waals surface area contributed by atoms with Gasteiger partial charge < -0.3 is 10.4 Å². The lowest BCUT2D eigenvalue weighted by Gasteiger charge is -1.97. The third-order valence-electron chi connectivity index (χ3n) is 2.13. The quantitative estimate of drug-likeness (QED) is 0.663. The van der Waals surface area contributed by atoms with E-state index in [1.54, 1.807) is 6.20 Å². The van der Waals surface area contributed by atoms with Crippen LogP contribution in [-0.2, 0) is 11.2 Å². The molecule has 2 rings (SSSR count). The van der Waals surface area contributed by atoms with Gasteiger partial charge in [-0.3, -0.25) is 4.79 Å². The van der Waals surface area contributed by atoms with Crippen LogP contribution in [0.3, 0.4) is 0 Å². The highest BCUT2D eigenvalue weighted by Crippen LogP contribution is 2.19. The zero-order valence-corrected chi connectivity index (χ0v) is 8.08. The number of carbonyl (C=O) groups is 1. The van der Waals surface area contributed by atoms with Crippen LogP contribution in [0.2, 0.25) is 0 Å². The first-order chi connectivity index (χ1) is 7.25. The van der Waals surface area contributed by atoms with Crippen molar-refractivity contribution in [2.45, 2.75) is 12.8 Å². The number of carboxylic acid groups (broad SMARTS) is 1. The monoisotopic (exact) mass is 202 g/mol. The van der Waals surface area contributed by atoms with Gasteiger partial charge in [-0.1, -0.05) is 11.8 Å².